The molecule has 60 valence electrons. The molecule has 0 unspecified atom stereocenters. The predicted octanol–water partition coefficient (Wildman–Crippen LogP) is 3.80. The molecule has 0 saturated carbocycles. The van der Waals surface area contributed by atoms with Crippen LogP contribution in [0.5, 0.6) is 0 Å². The molecule has 0 heterocycles. The van der Waals surface area contributed by atoms with Gasteiger partial charge in [-0.15, -0.1) is 0 Å². The molecule has 0 atom stereocenters. The Morgan fingerprint density at radius 3 is 2.73 bits per heavy atom. The van der Waals surface area contributed by atoms with E-state index in [2.05, 4.69) is 35.0 Å². The second-order valence-corrected chi connectivity index (χ2v) is 3.38. The molecule has 0 nitrogen and oxygen atoms in total. The first kappa shape index (κ1) is 9.08. The van der Waals surface area contributed by atoms with Gasteiger partial charge in [0.05, 0.1) is 0 Å². The smallest absolute Gasteiger partial charge is 0.0446 e. The Labute approximate surface area is 80.7 Å². The van der Waals surface area contributed by atoms with E-state index < -0.39 is 0 Å². The zero-order chi connectivity index (χ0) is 8.27. The fraction of sp³-hybridized carbons (Fsp3) is 0.333. The van der Waals surface area contributed by atoms with Crippen LogP contribution < -0.4 is 0 Å². The highest BCUT2D eigenvalue weighted by Crippen LogP contribution is 2.20. The largest absolute Gasteiger partial charge is 0.0876 e. The van der Waals surface area contributed by atoms with Gasteiger partial charge in [0, 0.05) is 10.4 Å². The summed E-state index contributed by atoms with van der Waals surface area (Å²) < 4.78 is 0. The van der Waals surface area contributed by atoms with Gasteiger partial charge in [-0.05, 0) is 23.6 Å². The Balaban J connectivity index is 3.02. The van der Waals surface area contributed by atoms with Crippen molar-refractivity contribution in [3.05, 3.63) is 34.3 Å². The van der Waals surface area contributed by atoms with E-state index in [1.165, 1.54) is 11.1 Å². The molecule has 2 heteroatoms. The number of rotatable bonds is 2. The van der Waals surface area contributed by atoms with Crippen molar-refractivity contribution in [1.82, 2.24) is 0 Å². The van der Waals surface area contributed by atoms with Crippen LogP contribution in [0.1, 0.15) is 18.1 Å². The number of alkyl halides is 1. The van der Waals surface area contributed by atoms with Crippen molar-refractivity contribution in [1.29, 1.82) is 0 Å². The first-order valence-corrected chi connectivity index (χ1v) is 5.11. The molecule has 0 aliphatic carbocycles. The van der Waals surface area contributed by atoms with Crippen molar-refractivity contribution in [3.8, 4) is 0 Å². The molecule has 1 rings (SSSR count). The molecular weight excluding hydrogens is 223 g/mol. The monoisotopic (exact) mass is 232 g/mol. The maximum absolute atomic E-state index is 5.92. The number of halogens is 2. The van der Waals surface area contributed by atoms with Crippen LogP contribution in [-0.4, -0.2) is 0 Å². The minimum Gasteiger partial charge on any atom is -0.0876 e. The number of benzene rings is 1. The van der Waals surface area contributed by atoms with Crippen LogP contribution in [0.25, 0.3) is 0 Å². The van der Waals surface area contributed by atoms with Crippen molar-refractivity contribution in [2.45, 2.75) is 18.7 Å². The lowest BCUT2D eigenvalue weighted by molar-refractivity contribution is 1.13. The van der Waals surface area contributed by atoms with E-state index in [1.54, 1.807) is 0 Å². The SMILES string of the molecule is CCc1ccc(Cl)c(CBr)c1. The van der Waals surface area contributed by atoms with Crippen molar-refractivity contribution >= 4 is 27.5 Å². The van der Waals surface area contributed by atoms with Gasteiger partial charge in [0.25, 0.3) is 0 Å². The van der Waals surface area contributed by atoms with E-state index in [1.807, 2.05) is 6.07 Å². The average Bonchev–Trinajstić information content (AvgIpc) is 2.05. The molecule has 11 heavy (non-hydrogen) atoms. The number of hydrogen-bond acceptors (Lipinski definition) is 0. The third-order valence-electron chi connectivity index (χ3n) is 1.66. The van der Waals surface area contributed by atoms with Crippen LogP contribution in [-0.2, 0) is 11.8 Å². The molecule has 1 aromatic rings. The Morgan fingerprint density at radius 2 is 2.18 bits per heavy atom. The van der Waals surface area contributed by atoms with Crippen molar-refractivity contribution in [2.75, 3.05) is 0 Å². The van der Waals surface area contributed by atoms with E-state index in [9.17, 15) is 0 Å². The van der Waals surface area contributed by atoms with E-state index in [0.29, 0.717) is 0 Å². The Bertz CT molecular complexity index is 245. The van der Waals surface area contributed by atoms with Crippen LogP contribution in [0.15, 0.2) is 18.2 Å². The topological polar surface area (TPSA) is 0 Å². The van der Waals surface area contributed by atoms with Gasteiger partial charge in [-0.1, -0.05) is 46.6 Å². The Kier molecular flexibility index (Phi) is 3.41. The second kappa shape index (κ2) is 4.13. The summed E-state index contributed by atoms with van der Waals surface area (Å²) in [6, 6.07) is 6.16. The Hall–Kier alpha value is -0.0100. The summed E-state index contributed by atoms with van der Waals surface area (Å²) in [6.45, 7) is 2.14. The number of hydrogen-bond donors (Lipinski definition) is 0. The van der Waals surface area contributed by atoms with Gasteiger partial charge in [0.2, 0.25) is 0 Å². The minimum atomic E-state index is 0.833. The number of aryl methyl sites for hydroxylation is 1. The lowest BCUT2D eigenvalue weighted by Gasteiger charge is -2.01. The molecule has 0 aromatic heterocycles. The highest BCUT2D eigenvalue weighted by Gasteiger charge is 1.98. The highest BCUT2D eigenvalue weighted by atomic mass is 79.9. The zero-order valence-corrected chi connectivity index (χ0v) is 8.74. The lowest BCUT2D eigenvalue weighted by Crippen LogP contribution is -1.84. The van der Waals surface area contributed by atoms with E-state index >= 15 is 0 Å². The van der Waals surface area contributed by atoms with Crippen LogP contribution in [0.4, 0.5) is 0 Å². The van der Waals surface area contributed by atoms with E-state index in [0.717, 1.165) is 16.8 Å². The molecule has 0 fully saturated rings. The van der Waals surface area contributed by atoms with Crippen molar-refractivity contribution in [3.63, 3.8) is 0 Å². The summed E-state index contributed by atoms with van der Waals surface area (Å²) in [6.07, 6.45) is 1.07. The van der Waals surface area contributed by atoms with Gasteiger partial charge < -0.3 is 0 Å². The second-order valence-electron chi connectivity index (χ2n) is 2.41. The van der Waals surface area contributed by atoms with Gasteiger partial charge >= 0.3 is 0 Å². The summed E-state index contributed by atoms with van der Waals surface area (Å²) >= 11 is 9.31. The molecule has 0 aliphatic rings. The fourth-order valence-electron chi connectivity index (χ4n) is 0.950. The first-order chi connectivity index (χ1) is 5.27. The summed E-state index contributed by atoms with van der Waals surface area (Å²) in [5.74, 6) is 0. The molecule has 0 aliphatic heterocycles. The molecule has 0 N–H and O–H groups in total. The molecule has 0 saturated heterocycles. The third-order valence-corrected chi connectivity index (χ3v) is 2.64. The highest BCUT2D eigenvalue weighted by molar-refractivity contribution is 9.08. The van der Waals surface area contributed by atoms with Crippen LogP contribution in [0, 0.1) is 0 Å². The standard InChI is InChI=1S/C9H10BrCl/c1-2-7-3-4-9(11)8(5-7)6-10/h3-5H,2,6H2,1H3. The van der Waals surface area contributed by atoms with E-state index in [-0.39, 0.29) is 0 Å². The lowest BCUT2D eigenvalue weighted by atomic mass is 10.1. The molecule has 0 spiro atoms. The van der Waals surface area contributed by atoms with E-state index in [4.69, 9.17) is 11.6 Å². The Morgan fingerprint density at radius 1 is 1.45 bits per heavy atom. The van der Waals surface area contributed by atoms with Gasteiger partial charge in [-0.25, -0.2) is 0 Å². The predicted molar refractivity (Wildman–Crippen MR) is 53.5 cm³/mol. The van der Waals surface area contributed by atoms with Crippen LogP contribution >= 0.6 is 27.5 Å². The quantitative estimate of drug-likeness (QED) is 0.682. The molecular formula is C9H10BrCl. The molecule has 0 amide bonds. The normalized spacial score (nSPS) is 10.1. The van der Waals surface area contributed by atoms with Gasteiger partial charge in [-0.3, -0.25) is 0 Å². The third kappa shape index (κ3) is 2.21. The summed E-state index contributed by atoms with van der Waals surface area (Å²) in [4.78, 5) is 0. The minimum absolute atomic E-state index is 0.833. The van der Waals surface area contributed by atoms with Crippen LogP contribution in [0.3, 0.4) is 0 Å². The van der Waals surface area contributed by atoms with Crippen LogP contribution in [0.2, 0.25) is 5.02 Å². The average molecular weight is 234 g/mol. The zero-order valence-electron chi connectivity index (χ0n) is 6.40. The molecule has 1 aromatic carbocycles. The van der Waals surface area contributed by atoms with Gasteiger partial charge in [0.15, 0.2) is 0 Å². The summed E-state index contributed by atoms with van der Waals surface area (Å²) in [7, 11) is 0. The van der Waals surface area contributed by atoms with Crippen molar-refractivity contribution < 1.29 is 0 Å². The fourth-order valence-corrected chi connectivity index (χ4v) is 1.76. The summed E-state index contributed by atoms with van der Waals surface area (Å²) in [5.41, 5.74) is 2.51. The van der Waals surface area contributed by atoms with Gasteiger partial charge in [0.1, 0.15) is 0 Å². The molecule has 0 radical (unpaired) electrons. The first-order valence-electron chi connectivity index (χ1n) is 3.61. The maximum atomic E-state index is 5.92. The van der Waals surface area contributed by atoms with Gasteiger partial charge in [-0.2, -0.15) is 0 Å². The maximum Gasteiger partial charge on any atom is 0.0446 e. The molecule has 0 bridgehead atoms. The summed E-state index contributed by atoms with van der Waals surface area (Å²) in [5, 5.41) is 1.68. The van der Waals surface area contributed by atoms with Crippen molar-refractivity contribution in [2.24, 2.45) is 0 Å².